The molecule has 2 heterocycles. The minimum Gasteiger partial charge on any atom is -0.271 e. The maximum absolute atomic E-state index is 6.26. The predicted molar refractivity (Wildman–Crippen MR) is 75.7 cm³/mol. The highest BCUT2D eigenvalue weighted by Crippen LogP contribution is 2.29. The summed E-state index contributed by atoms with van der Waals surface area (Å²) in [6.45, 7) is 4.93. The van der Waals surface area contributed by atoms with Gasteiger partial charge in [-0.1, -0.05) is 18.5 Å². The van der Waals surface area contributed by atoms with Crippen molar-refractivity contribution in [3.63, 3.8) is 0 Å². The molecule has 0 saturated heterocycles. The lowest BCUT2D eigenvalue weighted by Gasteiger charge is -2.20. The fourth-order valence-corrected chi connectivity index (χ4v) is 2.39. The van der Waals surface area contributed by atoms with E-state index < -0.39 is 0 Å². The van der Waals surface area contributed by atoms with Gasteiger partial charge in [0.05, 0.1) is 23.0 Å². The second-order valence-corrected chi connectivity index (χ2v) is 4.84. The zero-order chi connectivity index (χ0) is 13.8. The highest BCUT2D eigenvalue weighted by Gasteiger charge is 2.22. The number of aromatic nitrogens is 3. The Kier molecular flexibility index (Phi) is 4.52. The second kappa shape index (κ2) is 6.14. The van der Waals surface area contributed by atoms with Gasteiger partial charge in [0.2, 0.25) is 0 Å². The van der Waals surface area contributed by atoms with Gasteiger partial charge < -0.3 is 0 Å². The number of hydrogen-bond donors (Lipinski definition) is 2. The van der Waals surface area contributed by atoms with E-state index in [1.165, 1.54) is 0 Å². The highest BCUT2D eigenvalue weighted by molar-refractivity contribution is 6.31. The van der Waals surface area contributed by atoms with Gasteiger partial charge in [0, 0.05) is 18.9 Å². The maximum Gasteiger partial charge on any atom is 0.0910 e. The quantitative estimate of drug-likeness (QED) is 0.650. The summed E-state index contributed by atoms with van der Waals surface area (Å²) >= 11 is 6.26. The van der Waals surface area contributed by atoms with Gasteiger partial charge in [-0.25, -0.2) is 5.43 Å². The molecule has 3 N–H and O–H groups in total. The van der Waals surface area contributed by atoms with Crippen LogP contribution in [0.2, 0.25) is 5.02 Å². The molecule has 2 aromatic rings. The molecule has 1 unspecified atom stereocenters. The Morgan fingerprint density at radius 2 is 2.26 bits per heavy atom. The van der Waals surface area contributed by atoms with Crippen LogP contribution >= 0.6 is 11.6 Å². The van der Waals surface area contributed by atoms with Crippen molar-refractivity contribution in [1.29, 1.82) is 0 Å². The maximum atomic E-state index is 6.26. The van der Waals surface area contributed by atoms with E-state index in [0.717, 1.165) is 29.8 Å². The molecule has 1 atom stereocenters. The van der Waals surface area contributed by atoms with Crippen molar-refractivity contribution in [3.8, 4) is 0 Å². The molecular formula is C13H18ClN5. The Balaban J connectivity index is 2.48. The molecule has 0 radical (unpaired) electrons. The van der Waals surface area contributed by atoms with Gasteiger partial charge in [0.1, 0.15) is 0 Å². The molecule has 0 bridgehead atoms. The van der Waals surface area contributed by atoms with E-state index in [1.807, 2.05) is 17.7 Å². The van der Waals surface area contributed by atoms with E-state index in [-0.39, 0.29) is 6.04 Å². The third kappa shape index (κ3) is 2.78. The van der Waals surface area contributed by atoms with Crippen LogP contribution in [0.3, 0.4) is 0 Å². The zero-order valence-electron chi connectivity index (χ0n) is 11.1. The SMILES string of the molecule is CCCn1ncc(Cl)c1C(NN)c1cnccc1C. The molecule has 0 amide bonds. The fourth-order valence-electron chi connectivity index (χ4n) is 2.14. The molecule has 0 aliphatic rings. The Hall–Kier alpha value is -1.43. The van der Waals surface area contributed by atoms with Crippen molar-refractivity contribution in [2.24, 2.45) is 5.84 Å². The van der Waals surface area contributed by atoms with Crippen molar-refractivity contribution in [2.75, 3.05) is 0 Å². The van der Waals surface area contributed by atoms with Crippen LogP contribution in [0.5, 0.6) is 0 Å². The van der Waals surface area contributed by atoms with Crippen LogP contribution in [0.25, 0.3) is 0 Å². The lowest BCUT2D eigenvalue weighted by Crippen LogP contribution is -2.31. The molecule has 19 heavy (non-hydrogen) atoms. The van der Waals surface area contributed by atoms with Crippen molar-refractivity contribution in [2.45, 2.75) is 32.9 Å². The van der Waals surface area contributed by atoms with Crippen molar-refractivity contribution >= 4 is 11.6 Å². The van der Waals surface area contributed by atoms with Gasteiger partial charge in [0.25, 0.3) is 0 Å². The summed E-state index contributed by atoms with van der Waals surface area (Å²) in [7, 11) is 0. The van der Waals surface area contributed by atoms with Crippen LogP contribution in [0.1, 0.15) is 36.2 Å². The molecule has 6 heteroatoms. The van der Waals surface area contributed by atoms with E-state index in [4.69, 9.17) is 17.4 Å². The lowest BCUT2D eigenvalue weighted by molar-refractivity contribution is 0.519. The number of nitrogens with one attached hydrogen (secondary N) is 1. The van der Waals surface area contributed by atoms with Crippen molar-refractivity contribution in [1.82, 2.24) is 20.2 Å². The number of hydrazine groups is 1. The zero-order valence-corrected chi connectivity index (χ0v) is 11.9. The molecule has 0 aliphatic carbocycles. The van der Waals surface area contributed by atoms with Crippen LogP contribution in [0, 0.1) is 6.92 Å². The van der Waals surface area contributed by atoms with Crippen LogP contribution < -0.4 is 11.3 Å². The first-order chi connectivity index (χ1) is 9.19. The number of aryl methyl sites for hydroxylation is 2. The molecule has 2 rings (SSSR count). The number of nitrogens with zero attached hydrogens (tertiary/aromatic N) is 3. The van der Waals surface area contributed by atoms with Crippen LogP contribution in [-0.2, 0) is 6.54 Å². The smallest absolute Gasteiger partial charge is 0.0910 e. The molecule has 102 valence electrons. The van der Waals surface area contributed by atoms with E-state index >= 15 is 0 Å². The minimum absolute atomic E-state index is 0.213. The summed E-state index contributed by atoms with van der Waals surface area (Å²) in [5.41, 5.74) is 5.81. The minimum atomic E-state index is -0.213. The molecule has 0 fully saturated rings. The first kappa shape index (κ1) is 14.0. The molecule has 0 aromatic carbocycles. The summed E-state index contributed by atoms with van der Waals surface area (Å²) in [5, 5.41) is 4.91. The molecular weight excluding hydrogens is 262 g/mol. The summed E-state index contributed by atoms with van der Waals surface area (Å²) < 4.78 is 1.89. The second-order valence-electron chi connectivity index (χ2n) is 4.43. The van der Waals surface area contributed by atoms with Gasteiger partial charge in [-0.2, -0.15) is 5.10 Å². The van der Waals surface area contributed by atoms with Gasteiger partial charge in [0.15, 0.2) is 0 Å². The van der Waals surface area contributed by atoms with Gasteiger partial charge in [-0.05, 0) is 30.5 Å². The molecule has 5 nitrogen and oxygen atoms in total. The number of halogens is 1. The van der Waals surface area contributed by atoms with Gasteiger partial charge in [-0.3, -0.25) is 15.5 Å². The van der Waals surface area contributed by atoms with Crippen molar-refractivity contribution in [3.05, 3.63) is 46.5 Å². The van der Waals surface area contributed by atoms with Crippen LogP contribution in [0.4, 0.5) is 0 Å². The van der Waals surface area contributed by atoms with Crippen LogP contribution in [0.15, 0.2) is 24.7 Å². The van der Waals surface area contributed by atoms with E-state index in [1.54, 1.807) is 18.6 Å². The summed E-state index contributed by atoms with van der Waals surface area (Å²) in [5.74, 6) is 5.72. The van der Waals surface area contributed by atoms with Crippen LogP contribution in [-0.4, -0.2) is 14.8 Å². The first-order valence-corrected chi connectivity index (χ1v) is 6.64. The Morgan fingerprint density at radius 1 is 1.47 bits per heavy atom. The topological polar surface area (TPSA) is 68.8 Å². The summed E-state index contributed by atoms with van der Waals surface area (Å²) in [4.78, 5) is 4.16. The first-order valence-electron chi connectivity index (χ1n) is 6.26. The third-order valence-electron chi connectivity index (χ3n) is 3.10. The highest BCUT2D eigenvalue weighted by atomic mass is 35.5. The summed E-state index contributed by atoms with van der Waals surface area (Å²) in [6, 6.07) is 1.74. The molecule has 0 aliphatic heterocycles. The van der Waals surface area contributed by atoms with Crippen molar-refractivity contribution < 1.29 is 0 Å². The monoisotopic (exact) mass is 279 g/mol. The normalized spacial score (nSPS) is 12.6. The van der Waals surface area contributed by atoms with E-state index in [0.29, 0.717) is 5.02 Å². The number of hydrogen-bond acceptors (Lipinski definition) is 4. The van der Waals surface area contributed by atoms with E-state index in [9.17, 15) is 0 Å². The fraction of sp³-hybridized carbons (Fsp3) is 0.385. The number of pyridine rings is 1. The third-order valence-corrected chi connectivity index (χ3v) is 3.39. The Morgan fingerprint density at radius 3 is 2.89 bits per heavy atom. The lowest BCUT2D eigenvalue weighted by atomic mass is 10.0. The Bertz CT molecular complexity index is 552. The Labute approximate surface area is 117 Å². The molecule has 0 saturated carbocycles. The standard InChI is InChI=1S/C13H18ClN5/c1-3-6-19-13(11(14)8-17-19)12(18-15)10-7-16-5-4-9(10)2/h4-5,7-8,12,18H,3,6,15H2,1-2H3. The number of rotatable bonds is 5. The number of nitrogens with two attached hydrogens (primary N) is 1. The molecule has 2 aromatic heterocycles. The van der Waals surface area contributed by atoms with Gasteiger partial charge in [-0.15, -0.1) is 0 Å². The predicted octanol–water partition coefficient (Wildman–Crippen LogP) is 2.20. The van der Waals surface area contributed by atoms with Gasteiger partial charge >= 0.3 is 0 Å². The average Bonchev–Trinajstić information content (AvgIpc) is 2.75. The average molecular weight is 280 g/mol. The summed E-state index contributed by atoms with van der Waals surface area (Å²) in [6.07, 6.45) is 6.20. The molecule has 0 spiro atoms. The van der Waals surface area contributed by atoms with E-state index in [2.05, 4.69) is 22.4 Å². The largest absolute Gasteiger partial charge is 0.271 e.